The van der Waals surface area contributed by atoms with Crippen molar-refractivity contribution in [3.8, 4) is 0 Å². The highest BCUT2D eigenvalue weighted by atomic mass is 32.1. The third-order valence-corrected chi connectivity index (χ3v) is 5.31. The van der Waals surface area contributed by atoms with Gasteiger partial charge < -0.3 is 10.6 Å². The zero-order valence-corrected chi connectivity index (χ0v) is 14.8. The van der Waals surface area contributed by atoms with Crippen LogP contribution in [0.2, 0.25) is 0 Å². The summed E-state index contributed by atoms with van der Waals surface area (Å²) in [7, 11) is 0. The van der Waals surface area contributed by atoms with E-state index in [1.54, 1.807) is 22.2 Å². The van der Waals surface area contributed by atoms with Crippen molar-refractivity contribution in [3.05, 3.63) is 33.8 Å². The molecule has 2 N–H and O–H groups in total. The Balaban J connectivity index is 1.42. The number of rotatable bonds is 7. The monoisotopic (exact) mass is 348 g/mol. The van der Waals surface area contributed by atoms with Crippen molar-refractivity contribution in [2.45, 2.75) is 19.9 Å². The molecule has 3 rings (SSSR count). The van der Waals surface area contributed by atoms with Crippen LogP contribution in [-0.2, 0) is 13.0 Å². The van der Waals surface area contributed by atoms with Crippen molar-refractivity contribution in [2.75, 3.05) is 39.3 Å². The fourth-order valence-corrected chi connectivity index (χ4v) is 3.64. The molecule has 0 radical (unpaired) electrons. The van der Waals surface area contributed by atoms with Gasteiger partial charge in [-0.05, 0) is 30.4 Å². The topological polar surface area (TPSA) is 75.1 Å². The van der Waals surface area contributed by atoms with E-state index in [9.17, 15) is 4.79 Å². The van der Waals surface area contributed by atoms with Gasteiger partial charge >= 0.3 is 0 Å². The lowest BCUT2D eigenvalue weighted by molar-refractivity contribution is 0.0949. The van der Waals surface area contributed by atoms with Gasteiger partial charge in [0.25, 0.3) is 5.91 Å². The number of nitrogens with one attached hydrogen (secondary N) is 2. The van der Waals surface area contributed by atoms with E-state index in [-0.39, 0.29) is 5.91 Å². The van der Waals surface area contributed by atoms with E-state index in [4.69, 9.17) is 0 Å². The Morgan fingerprint density at radius 2 is 2.21 bits per heavy atom. The number of piperazine rings is 1. The van der Waals surface area contributed by atoms with Gasteiger partial charge in [0, 0.05) is 44.1 Å². The second kappa shape index (κ2) is 8.36. The maximum absolute atomic E-state index is 12.1. The summed E-state index contributed by atoms with van der Waals surface area (Å²) in [6.45, 7) is 8.60. The van der Waals surface area contributed by atoms with E-state index in [0.717, 1.165) is 45.7 Å². The molecule has 0 aliphatic carbocycles. The fraction of sp³-hybridized carbons (Fsp3) is 0.562. The van der Waals surface area contributed by atoms with Crippen LogP contribution in [0.25, 0.3) is 0 Å². The molecule has 24 heavy (non-hydrogen) atoms. The molecule has 0 aromatic carbocycles. The molecule has 1 aliphatic rings. The number of carbonyl (C=O) groups is 1. The molecule has 3 heterocycles. The Morgan fingerprint density at radius 1 is 1.38 bits per heavy atom. The van der Waals surface area contributed by atoms with Crippen LogP contribution in [0.5, 0.6) is 0 Å². The standard InChI is InChI=1S/C16H24N6OS/c1-13-3-11-24-15(13)2-4-18-16(23)14-12-22(20-19-14)10-9-21-7-5-17-6-8-21/h3,11-12,17H,2,4-10H2,1H3,(H,18,23). The average molecular weight is 348 g/mol. The Morgan fingerprint density at radius 3 is 2.96 bits per heavy atom. The molecule has 2 aromatic rings. The zero-order chi connectivity index (χ0) is 16.8. The van der Waals surface area contributed by atoms with Crippen LogP contribution in [-0.4, -0.2) is 65.1 Å². The van der Waals surface area contributed by atoms with Crippen LogP contribution < -0.4 is 10.6 Å². The van der Waals surface area contributed by atoms with E-state index >= 15 is 0 Å². The molecule has 1 amide bonds. The molecule has 7 nitrogen and oxygen atoms in total. The lowest BCUT2D eigenvalue weighted by atomic mass is 10.2. The van der Waals surface area contributed by atoms with E-state index in [1.807, 2.05) is 0 Å². The minimum atomic E-state index is -0.155. The number of hydrogen-bond donors (Lipinski definition) is 2. The number of hydrogen-bond acceptors (Lipinski definition) is 6. The van der Waals surface area contributed by atoms with Gasteiger partial charge in [-0.2, -0.15) is 0 Å². The first-order valence-electron chi connectivity index (χ1n) is 8.37. The highest BCUT2D eigenvalue weighted by Gasteiger charge is 2.13. The van der Waals surface area contributed by atoms with Crippen LogP contribution in [0, 0.1) is 6.92 Å². The van der Waals surface area contributed by atoms with Gasteiger partial charge in [0.05, 0.1) is 12.7 Å². The molecule has 0 unspecified atom stereocenters. The van der Waals surface area contributed by atoms with Gasteiger partial charge in [0.2, 0.25) is 0 Å². The summed E-state index contributed by atoms with van der Waals surface area (Å²) >= 11 is 1.73. The number of thiophene rings is 1. The van der Waals surface area contributed by atoms with Crippen LogP contribution in [0.3, 0.4) is 0 Å². The summed E-state index contributed by atoms with van der Waals surface area (Å²) in [5.74, 6) is -0.155. The maximum atomic E-state index is 12.1. The number of aromatic nitrogens is 3. The van der Waals surface area contributed by atoms with Gasteiger partial charge in [-0.3, -0.25) is 14.4 Å². The van der Waals surface area contributed by atoms with Crippen molar-refractivity contribution in [1.29, 1.82) is 0 Å². The fourth-order valence-electron chi connectivity index (χ4n) is 2.73. The lowest BCUT2D eigenvalue weighted by Gasteiger charge is -2.26. The first kappa shape index (κ1) is 17.1. The molecule has 0 saturated carbocycles. The SMILES string of the molecule is Cc1ccsc1CCNC(=O)c1cn(CCN2CCNCC2)nn1. The van der Waals surface area contributed by atoms with E-state index < -0.39 is 0 Å². The largest absolute Gasteiger partial charge is 0.350 e. The molecule has 2 aromatic heterocycles. The van der Waals surface area contributed by atoms with Crippen LogP contribution in [0.4, 0.5) is 0 Å². The zero-order valence-electron chi connectivity index (χ0n) is 14.0. The molecule has 1 fully saturated rings. The Kier molecular flexibility index (Phi) is 5.95. The number of nitrogens with zero attached hydrogens (tertiary/aromatic N) is 4. The lowest BCUT2D eigenvalue weighted by Crippen LogP contribution is -2.44. The summed E-state index contributed by atoms with van der Waals surface area (Å²) in [5, 5.41) is 16.4. The van der Waals surface area contributed by atoms with Crippen molar-refractivity contribution in [3.63, 3.8) is 0 Å². The van der Waals surface area contributed by atoms with Crippen LogP contribution in [0.1, 0.15) is 20.9 Å². The average Bonchev–Trinajstić information content (AvgIpc) is 3.23. The molecule has 1 aliphatic heterocycles. The number of aryl methyl sites for hydroxylation is 1. The third kappa shape index (κ3) is 4.62. The number of carbonyl (C=O) groups excluding carboxylic acids is 1. The normalized spacial score (nSPS) is 15.5. The molecular weight excluding hydrogens is 324 g/mol. The van der Waals surface area contributed by atoms with Gasteiger partial charge in [-0.1, -0.05) is 5.21 Å². The molecule has 0 atom stereocenters. The molecule has 130 valence electrons. The second-order valence-electron chi connectivity index (χ2n) is 5.99. The van der Waals surface area contributed by atoms with E-state index in [2.05, 4.69) is 44.2 Å². The van der Waals surface area contributed by atoms with Gasteiger partial charge in [0.1, 0.15) is 0 Å². The first-order chi connectivity index (χ1) is 11.7. The quantitative estimate of drug-likeness (QED) is 0.763. The maximum Gasteiger partial charge on any atom is 0.273 e. The third-order valence-electron chi connectivity index (χ3n) is 4.23. The smallest absolute Gasteiger partial charge is 0.273 e. The second-order valence-corrected chi connectivity index (χ2v) is 6.99. The predicted molar refractivity (Wildman–Crippen MR) is 94.4 cm³/mol. The molecular formula is C16H24N6OS. The highest BCUT2D eigenvalue weighted by Crippen LogP contribution is 2.15. The van der Waals surface area contributed by atoms with Crippen molar-refractivity contribution >= 4 is 17.2 Å². The van der Waals surface area contributed by atoms with E-state index in [0.29, 0.717) is 12.2 Å². The molecule has 0 spiro atoms. The summed E-state index contributed by atoms with van der Waals surface area (Å²) in [6.07, 6.45) is 2.58. The Labute approximate surface area is 146 Å². The highest BCUT2D eigenvalue weighted by molar-refractivity contribution is 7.10. The van der Waals surface area contributed by atoms with E-state index in [1.165, 1.54) is 10.4 Å². The molecule has 1 saturated heterocycles. The Bertz CT molecular complexity index is 661. The molecule has 8 heteroatoms. The van der Waals surface area contributed by atoms with Gasteiger partial charge in [-0.15, -0.1) is 16.4 Å². The number of amides is 1. The molecule has 0 bridgehead atoms. The van der Waals surface area contributed by atoms with Crippen molar-refractivity contribution in [2.24, 2.45) is 0 Å². The van der Waals surface area contributed by atoms with Crippen LogP contribution >= 0.6 is 11.3 Å². The summed E-state index contributed by atoms with van der Waals surface area (Å²) in [4.78, 5) is 15.8. The predicted octanol–water partition coefficient (Wildman–Crippen LogP) is 0.526. The summed E-state index contributed by atoms with van der Waals surface area (Å²) < 4.78 is 1.75. The minimum Gasteiger partial charge on any atom is -0.350 e. The van der Waals surface area contributed by atoms with Gasteiger partial charge in [-0.25, -0.2) is 0 Å². The van der Waals surface area contributed by atoms with Crippen LogP contribution in [0.15, 0.2) is 17.6 Å². The minimum absolute atomic E-state index is 0.155. The Hall–Kier alpha value is -1.77. The van der Waals surface area contributed by atoms with Crippen molar-refractivity contribution < 1.29 is 4.79 Å². The first-order valence-corrected chi connectivity index (χ1v) is 9.25. The van der Waals surface area contributed by atoms with Gasteiger partial charge in [0.15, 0.2) is 5.69 Å². The summed E-state index contributed by atoms with van der Waals surface area (Å²) in [6, 6.07) is 2.10. The summed E-state index contributed by atoms with van der Waals surface area (Å²) in [5.41, 5.74) is 1.67. The van der Waals surface area contributed by atoms with Crippen molar-refractivity contribution in [1.82, 2.24) is 30.5 Å².